The van der Waals surface area contributed by atoms with Crippen molar-refractivity contribution < 1.29 is 19.2 Å². The van der Waals surface area contributed by atoms with Crippen LogP contribution in [0.2, 0.25) is 0 Å². The molecule has 1 amide bonds. The average molecular weight is 357 g/mol. The Hall–Kier alpha value is -3.42. The summed E-state index contributed by atoms with van der Waals surface area (Å²) in [7, 11) is 1.28. The van der Waals surface area contributed by atoms with E-state index < -0.39 is 10.9 Å². The fourth-order valence-corrected chi connectivity index (χ4v) is 2.38. The van der Waals surface area contributed by atoms with E-state index in [-0.39, 0.29) is 18.1 Å². The molecule has 2 aromatic rings. The van der Waals surface area contributed by atoms with Gasteiger partial charge in [0.05, 0.1) is 24.1 Å². The minimum absolute atomic E-state index is 0.0166. The van der Waals surface area contributed by atoms with Gasteiger partial charge in [0.2, 0.25) is 5.91 Å². The third-order valence-corrected chi connectivity index (χ3v) is 3.87. The Balaban J connectivity index is 2.07. The van der Waals surface area contributed by atoms with E-state index in [1.807, 2.05) is 0 Å². The molecule has 0 heterocycles. The quantitative estimate of drug-likeness (QED) is 0.467. The molecular formula is C18H19N3O5. The number of carbonyl (C=O) groups excluding carboxylic acids is 2. The molecule has 0 atom stereocenters. The molecule has 136 valence electrons. The largest absolute Gasteiger partial charge is 0.465 e. The predicted octanol–water partition coefficient (Wildman–Crippen LogP) is 3.05. The second-order valence-corrected chi connectivity index (χ2v) is 5.63. The first-order valence-corrected chi connectivity index (χ1v) is 7.80. The molecule has 0 aliphatic heterocycles. The van der Waals surface area contributed by atoms with E-state index in [1.54, 1.807) is 38.1 Å². The molecule has 2 N–H and O–H groups in total. The van der Waals surface area contributed by atoms with Crippen LogP contribution in [0.15, 0.2) is 36.4 Å². The Morgan fingerprint density at radius 1 is 1.15 bits per heavy atom. The molecule has 0 spiro atoms. The van der Waals surface area contributed by atoms with Crippen molar-refractivity contribution in [3.8, 4) is 0 Å². The van der Waals surface area contributed by atoms with Crippen LogP contribution in [-0.2, 0) is 9.53 Å². The Morgan fingerprint density at radius 2 is 1.88 bits per heavy atom. The number of carbonyl (C=O) groups is 2. The number of rotatable bonds is 6. The van der Waals surface area contributed by atoms with Gasteiger partial charge in [-0.25, -0.2) is 4.79 Å². The number of nitro benzene ring substituents is 1. The maximum absolute atomic E-state index is 12.2. The lowest BCUT2D eigenvalue weighted by molar-refractivity contribution is -0.385. The first kappa shape index (κ1) is 18.9. The molecule has 0 unspecified atom stereocenters. The molecule has 0 saturated heterocycles. The summed E-state index contributed by atoms with van der Waals surface area (Å²) in [5, 5.41) is 16.6. The van der Waals surface area contributed by atoms with E-state index in [9.17, 15) is 19.7 Å². The fraction of sp³-hybridized carbons (Fsp3) is 0.222. The predicted molar refractivity (Wildman–Crippen MR) is 97.5 cm³/mol. The highest BCUT2D eigenvalue weighted by Gasteiger charge is 2.14. The highest BCUT2D eigenvalue weighted by atomic mass is 16.6. The Kier molecular flexibility index (Phi) is 5.90. The zero-order valence-corrected chi connectivity index (χ0v) is 14.7. The highest BCUT2D eigenvalue weighted by molar-refractivity contribution is 5.97. The van der Waals surface area contributed by atoms with Gasteiger partial charge >= 0.3 is 5.97 Å². The number of aryl methyl sites for hydroxylation is 1. The average Bonchev–Trinajstić information content (AvgIpc) is 2.61. The number of methoxy groups -OCH3 is 1. The maximum atomic E-state index is 12.2. The lowest BCUT2D eigenvalue weighted by Crippen LogP contribution is -2.22. The van der Waals surface area contributed by atoms with E-state index >= 15 is 0 Å². The molecule has 8 heteroatoms. The molecule has 0 aliphatic carbocycles. The number of benzene rings is 2. The monoisotopic (exact) mass is 357 g/mol. The molecule has 2 rings (SSSR count). The SMILES string of the molecule is COC(=O)c1ccc(C)c(NC(=O)CNc2cccc([N+](=O)[O-])c2C)c1. The van der Waals surface area contributed by atoms with Crippen molar-refractivity contribution in [2.75, 3.05) is 24.3 Å². The number of amides is 1. The van der Waals surface area contributed by atoms with Gasteiger partial charge in [-0.2, -0.15) is 0 Å². The second-order valence-electron chi connectivity index (χ2n) is 5.63. The van der Waals surface area contributed by atoms with Crippen LogP contribution in [0, 0.1) is 24.0 Å². The topological polar surface area (TPSA) is 111 Å². The van der Waals surface area contributed by atoms with Crippen molar-refractivity contribution in [1.29, 1.82) is 0 Å². The summed E-state index contributed by atoms with van der Waals surface area (Å²) in [6, 6.07) is 9.48. The molecule has 8 nitrogen and oxygen atoms in total. The smallest absolute Gasteiger partial charge is 0.337 e. The second kappa shape index (κ2) is 8.11. The first-order valence-electron chi connectivity index (χ1n) is 7.80. The highest BCUT2D eigenvalue weighted by Crippen LogP contribution is 2.25. The number of nitro groups is 1. The van der Waals surface area contributed by atoms with Gasteiger partial charge < -0.3 is 15.4 Å². The Labute approximate surface area is 150 Å². The number of hydrogen-bond donors (Lipinski definition) is 2. The number of nitrogens with zero attached hydrogens (tertiary/aromatic N) is 1. The minimum Gasteiger partial charge on any atom is -0.465 e. The molecule has 0 aromatic heterocycles. The van der Waals surface area contributed by atoms with Crippen LogP contribution in [0.25, 0.3) is 0 Å². The summed E-state index contributed by atoms with van der Waals surface area (Å²) in [5.74, 6) is -0.841. The van der Waals surface area contributed by atoms with Crippen molar-refractivity contribution in [2.45, 2.75) is 13.8 Å². The standard InChI is InChI=1S/C18H19N3O5/c1-11-7-8-13(18(23)26-3)9-15(11)20-17(22)10-19-14-5-4-6-16(12(14)2)21(24)25/h4-9,19H,10H2,1-3H3,(H,20,22). The van der Waals surface area contributed by atoms with Crippen molar-refractivity contribution in [3.63, 3.8) is 0 Å². The van der Waals surface area contributed by atoms with E-state index in [0.29, 0.717) is 22.5 Å². The minimum atomic E-state index is -0.495. The van der Waals surface area contributed by atoms with Gasteiger partial charge in [-0.1, -0.05) is 12.1 Å². The zero-order valence-electron chi connectivity index (χ0n) is 14.7. The molecule has 0 fully saturated rings. The van der Waals surface area contributed by atoms with Crippen molar-refractivity contribution in [2.24, 2.45) is 0 Å². The molecule has 0 aliphatic rings. The Bertz CT molecular complexity index is 864. The van der Waals surface area contributed by atoms with Crippen molar-refractivity contribution in [3.05, 3.63) is 63.2 Å². The summed E-state index contributed by atoms with van der Waals surface area (Å²) in [6.07, 6.45) is 0. The van der Waals surface area contributed by atoms with Crippen molar-refractivity contribution in [1.82, 2.24) is 0 Å². The molecule has 26 heavy (non-hydrogen) atoms. The van der Waals surface area contributed by atoms with Gasteiger partial charge in [0, 0.05) is 23.0 Å². The van der Waals surface area contributed by atoms with Crippen molar-refractivity contribution >= 4 is 28.9 Å². The van der Waals surface area contributed by atoms with Crippen LogP contribution >= 0.6 is 0 Å². The van der Waals surface area contributed by atoms with E-state index in [0.717, 1.165) is 5.56 Å². The Morgan fingerprint density at radius 3 is 2.54 bits per heavy atom. The molecule has 2 aromatic carbocycles. The van der Waals surface area contributed by atoms with Crippen LogP contribution < -0.4 is 10.6 Å². The lowest BCUT2D eigenvalue weighted by Gasteiger charge is -2.12. The van der Waals surface area contributed by atoms with Gasteiger partial charge in [0.15, 0.2) is 0 Å². The number of hydrogen-bond acceptors (Lipinski definition) is 6. The summed E-state index contributed by atoms with van der Waals surface area (Å²) < 4.78 is 4.67. The van der Waals surface area contributed by atoms with E-state index in [4.69, 9.17) is 0 Å². The summed E-state index contributed by atoms with van der Waals surface area (Å²) in [4.78, 5) is 34.3. The number of nitrogens with one attached hydrogen (secondary N) is 2. The third-order valence-electron chi connectivity index (χ3n) is 3.87. The molecular weight excluding hydrogens is 338 g/mol. The summed E-state index contributed by atoms with van der Waals surface area (Å²) >= 11 is 0. The summed E-state index contributed by atoms with van der Waals surface area (Å²) in [5.41, 5.74) is 2.56. The molecule has 0 saturated carbocycles. The van der Waals surface area contributed by atoms with Gasteiger partial charge in [-0.15, -0.1) is 0 Å². The first-order chi connectivity index (χ1) is 12.3. The van der Waals surface area contributed by atoms with E-state index in [2.05, 4.69) is 15.4 Å². The van der Waals surface area contributed by atoms with Crippen LogP contribution in [0.3, 0.4) is 0 Å². The van der Waals surface area contributed by atoms with Gasteiger partial charge in [-0.3, -0.25) is 14.9 Å². The van der Waals surface area contributed by atoms with Gasteiger partial charge in [0.25, 0.3) is 5.69 Å². The van der Waals surface area contributed by atoms with Gasteiger partial charge in [0.1, 0.15) is 0 Å². The fourth-order valence-electron chi connectivity index (χ4n) is 2.38. The molecule has 0 bridgehead atoms. The summed E-state index contributed by atoms with van der Waals surface area (Å²) in [6.45, 7) is 3.33. The van der Waals surface area contributed by atoms with Gasteiger partial charge in [-0.05, 0) is 37.6 Å². The number of ether oxygens (including phenoxy) is 1. The lowest BCUT2D eigenvalue weighted by atomic mass is 10.1. The van der Waals surface area contributed by atoms with E-state index in [1.165, 1.54) is 19.2 Å². The maximum Gasteiger partial charge on any atom is 0.337 e. The number of anilines is 2. The number of esters is 1. The van der Waals surface area contributed by atoms with Crippen LogP contribution in [0.5, 0.6) is 0 Å². The molecule has 0 radical (unpaired) electrons. The van der Waals surface area contributed by atoms with Crippen LogP contribution in [-0.4, -0.2) is 30.5 Å². The third kappa shape index (κ3) is 4.35. The normalized spacial score (nSPS) is 10.1. The zero-order chi connectivity index (χ0) is 19.3. The van der Waals surface area contributed by atoms with Crippen LogP contribution in [0.1, 0.15) is 21.5 Å². The van der Waals surface area contributed by atoms with Crippen LogP contribution in [0.4, 0.5) is 17.1 Å².